The summed E-state index contributed by atoms with van der Waals surface area (Å²) in [6.07, 6.45) is 2.47. The van der Waals surface area contributed by atoms with Gasteiger partial charge >= 0.3 is 0 Å². The van der Waals surface area contributed by atoms with E-state index < -0.39 is 0 Å². The van der Waals surface area contributed by atoms with Crippen molar-refractivity contribution in [2.75, 3.05) is 6.54 Å². The van der Waals surface area contributed by atoms with Crippen LogP contribution in [0.4, 0.5) is 0 Å². The third-order valence-corrected chi connectivity index (χ3v) is 0.635. The molecule has 0 aliphatic rings. The van der Waals surface area contributed by atoms with Gasteiger partial charge in [-0.1, -0.05) is 0 Å². The average molecular weight is 99.1 g/mol. The fourth-order valence-electron chi connectivity index (χ4n) is 0.175. The molecule has 0 radical (unpaired) electrons. The highest BCUT2D eigenvalue weighted by Crippen LogP contribution is 1.76. The van der Waals surface area contributed by atoms with Gasteiger partial charge in [-0.3, -0.25) is 0 Å². The summed E-state index contributed by atoms with van der Waals surface area (Å²) >= 11 is 0. The molecule has 0 aromatic heterocycles. The lowest BCUT2D eigenvalue weighted by molar-refractivity contribution is 1.20. The summed E-state index contributed by atoms with van der Waals surface area (Å²) in [7, 11) is 0. The molecule has 0 saturated carbocycles. The van der Waals surface area contributed by atoms with E-state index in [2.05, 4.69) is 0 Å². The molecule has 0 aromatic rings. The molecule has 40 valence electrons. The zero-order valence-electron chi connectivity index (χ0n) is 4.02. The number of hydrogen-bond donors (Lipinski definition) is 3. The second kappa shape index (κ2) is 3.36. The summed E-state index contributed by atoms with van der Waals surface area (Å²) in [6.45, 7) is 0.347. The van der Waals surface area contributed by atoms with E-state index in [9.17, 15) is 0 Å². The largest absolute Gasteiger partial charge is 0.404 e. The Morgan fingerprint density at radius 2 is 2.29 bits per heavy atom. The highest BCUT2D eigenvalue weighted by molar-refractivity contribution is 5.75. The van der Waals surface area contributed by atoms with Gasteiger partial charge in [0.2, 0.25) is 0 Å². The van der Waals surface area contributed by atoms with E-state index in [1.807, 2.05) is 0 Å². The topological polar surface area (TPSA) is 75.9 Å². The first kappa shape index (κ1) is 6.17. The van der Waals surface area contributed by atoms with Crippen molar-refractivity contribution in [3.05, 3.63) is 11.8 Å². The molecule has 0 amide bonds. The van der Waals surface area contributed by atoms with Gasteiger partial charge in [0.25, 0.3) is 0 Å². The van der Waals surface area contributed by atoms with Crippen molar-refractivity contribution in [2.45, 2.75) is 0 Å². The Hall–Kier alpha value is -0.830. The van der Waals surface area contributed by atoms with Crippen molar-refractivity contribution < 1.29 is 0 Å². The maximum atomic E-state index is 6.61. The monoisotopic (exact) mass is 99.1 g/mol. The zero-order valence-corrected chi connectivity index (χ0v) is 4.02. The van der Waals surface area contributed by atoms with Crippen LogP contribution in [0.15, 0.2) is 11.8 Å². The summed E-state index contributed by atoms with van der Waals surface area (Å²) in [5, 5.41) is 6.61. The van der Waals surface area contributed by atoms with E-state index >= 15 is 0 Å². The van der Waals surface area contributed by atoms with Crippen LogP contribution in [0.3, 0.4) is 0 Å². The number of nitrogens with one attached hydrogen (secondary N) is 1. The molecule has 5 N–H and O–H groups in total. The quantitative estimate of drug-likeness (QED) is 0.406. The van der Waals surface area contributed by atoms with Crippen LogP contribution in [0.2, 0.25) is 0 Å². The van der Waals surface area contributed by atoms with Crippen molar-refractivity contribution in [1.29, 1.82) is 5.41 Å². The summed E-state index contributed by atoms with van der Waals surface area (Å²) in [6, 6.07) is 0. The SMILES string of the molecule is N=C/C(=C\N)CN. The number of hydrogen-bond acceptors (Lipinski definition) is 3. The van der Waals surface area contributed by atoms with Gasteiger partial charge in [0.1, 0.15) is 0 Å². The molecular weight excluding hydrogens is 90.1 g/mol. The normalized spacial score (nSPS) is 11.3. The van der Waals surface area contributed by atoms with Crippen LogP contribution >= 0.6 is 0 Å². The van der Waals surface area contributed by atoms with E-state index in [1.165, 1.54) is 6.20 Å². The molecule has 0 aliphatic carbocycles. The fourth-order valence-corrected chi connectivity index (χ4v) is 0.175. The summed E-state index contributed by atoms with van der Waals surface area (Å²) in [5.41, 5.74) is 10.7. The minimum atomic E-state index is 0.347. The smallest absolute Gasteiger partial charge is 0.0237 e. The molecule has 7 heavy (non-hydrogen) atoms. The van der Waals surface area contributed by atoms with Crippen LogP contribution in [0, 0.1) is 5.41 Å². The standard InChI is InChI=1S/C4H9N3/c5-1-4(2-6)3-7/h1-2,5H,3,6-7H2/b4-2+,5-1?. The van der Waals surface area contributed by atoms with Gasteiger partial charge in [0, 0.05) is 12.8 Å². The first-order chi connectivity index (χ1) is 3.35. The molecule has 0 atom stereocenters. The third-order valence-electron chi connectivity index (χ3n) is 0.635. The van der Waals surface area contributed by atoms with E-state index in [0.29, 0.717) is 12.1 Å². The fraction of sp³-hybridized carbons (Fsp3) is 0.250. The molecule has 3 nitrogen and oxygen atoms in total. The Morgan fingerprint density at radius 3 is 2.29 bits per heavy atom. The minimum Gasteiger partial charge on any atom is -0.404 e. The summed E-state index contributed by atoms with van der Waals surface area (Å²) in [5.74, 6) is 0. The van der Waals surface area contributed by atoms with Gasteiger partial charge in [0.15, 0.2) is 0 Å². The van der Waals surface area contributed by atoms with Crippen LogP contribution in [0.1, 0.15) is 0 Å². The maximum Gasteiger partial charge on any atom is 0.0237 e. The molecule has 0 aromatic carbocycles. The van der Waals surface area contributed by atoms with Crippen molar-refractivity contribution in [2.24, 2.45) is 11.5 Å². The van der Waals surface area contributed by atoms with E-state index in [4.69, 9.17) is 16.9 Å². The molecule has 0 heterocycles. The molecule has 0 fully saturated rings. The van der Waals surface area contributed by atoms with Crippen LogP contribution in [0.5, 0.6) is 0 Å². The van der Waals surface area contributed by atoms with Crippen molar-refractivity contribution >= 4 is 6.21 Å². The second-order valence-corrected chi connectivity index (χ2v) is 1.09. The second-order valence-electron chi connectivity index (χ2n) is 1.09. The lowest BCUT2D eigenvalue weighted by atomic mass is 10.3. The highest BCUT2D eigenvalue weighted by atomic mass is 14.6. The predicted octanol–water partition coefficient (Wildman–Crippen LogP) is -0.563. The Morgan fingerprint density at radius 1 is 1.71 bits per heavy atom. The summed E-state index contributed by atoms with van der Waals surface area (Å²) in [4.78, 5) is 0. The number of rotatable bonds is 2. The van der Waals surface area contributed by atoms with Crippen LogP contribution in [-0.2, 0) is 0 Å². The summed E-state index contributed by atoms with van der Waals surface area (Å²) < 4.78 is 0. The van der Waals surface area contributed by atoms with Gasteiger partial charge < -0.3 is 16.9 Å². The molecular formula is C4H9N3. The molecule has 0 unspecified atom stereocenters. The Labute approximate surface area is 42.5 Å². The Bertz CT molecular complexity index is 84.9. The molecule has 0 saturated heterocycles. The molecule has 0 rings (SSSR count). The van der Waals surface area contributed by atoms with Crippen LogP contribution in [0.25, 0.3) is 0 Å². The molecule has 3 heteroatoms. The lowest BCUT2D eigenvalue weighted by Crippen LogP contribution is -2.05. The van der Waals surface area contributed by atoms with E-state index in [0.717, 1.165) is 6.21 Å². The first-order valence-electron chi connectivity index (χ1n) is 1.96. The predicted molar refractivity (Wildman–Crippen MR) is 30.1 cm³/mol. The number of nitrogens with two attached hydrogens (primary N) is 2. The minimum absolute atomic E-state index is 0.347. The van der Waals surface area contributed by atoms with Gasteiger partial charge in [-0.2, -0.15) is 0 Å². The molecule has 0 aliphatic heterocycles. The van der Waals surface area contributed by atoms with Crippen LogP contribution < -0.4 is 11.5 Å². The zero-order chi connectivity index (χ0) is 5.70. The van der Waals surface area contributed by atoms with Crippen LogP contribution in [-0.4, -0.2) is 12.8 Å². The Kier molecular flexibility index (Phi) is 2.96. The van der Waals surface area contributed by atoms with Crippen molar-refractivity contribution in [1.82, 2.24) is 0 Å². The third kappa shape index (κ3) is 1.94. The van der Waals surface area contributed by atoms with Gasteiger partial charge in [-0.15, -0.1) is 0 Å². The maximum absolute atomic E-state index is 6.61. The lowest BCUT2D eigenvalue weighted by Gasteiger charge is -1.87. The Balaban J connectivity index is 3.60. The molecule has 0 bridgehead atoms. The average Bonchev–Trinajstić information content (AvgIpc) is 1.72. The first-order valence-corrected chi connectivity index (χ1v) is 1.96. The van der Waals surface area contributed by atoms with Crippen molar-refractivity contribution in [3.63, 3.8) is 0 Å². The molecule has 0 spiro atoms. The van der Waals surface area contributed by atoms with Crippen molar-refractivity contribution in [3.8, 4) is 0 Å². The van der Waals surface area contributed by atoms with E-state index in [-0.39, 0.29) is 0 Å². The van der Waals surface area contributed by atoms with Gasteiger partial charge in [-0.05, 0) is 11.8 Å². The van der Waals surface area contributed by atoms with E-state index in [1.54, 1.807) is 0 Å². The van der Waals surface area contributed by atoms with Gasteiger partial charge in [-0.25, -0.2) is 0 Å². The highest BCUT2D eigenvalue weighted by Gasteiger charge is 1.80. The van der Waals surface area contributed by atoms with Gasteiger partial charge in [0.05, 0.1) is 0 Å².